The Bertz CT molecular complexity index is 454. The van der Waals surface area contributed by atoms with Crippen LogP contribution in [0.3, 0.4) is 0 Å². The highest BCUT2D eigenvalue weighted by Gasteiger charge is 2.33. The van der Waals surface area contributed by atoms with Gasteiger partial charge in [-0.3, -0.25) is 13.6 Å². The quantitative estimate of drug-likeness (QED) is 0.113. The minimum Gasteiger partial charge on any atom is -0.380 e. The number of hydrogen-bond donors (Lipinski definition) is 0. The summed E-state index contributed by atoms with van der Waals surface area (Å²) in [6, 6.07) is 0.0367. The van der Waals surface area contributed by atoms with Gasteiger partial charge in [0.2, 0.25) is 0 Å². The lowest BCUT2D eigenvalue weighted by Crippen LogP contribution is -2.36. The van der Waals surface area contributed by atoms with E-state index in [1.165, 1.54) is 96.3 Å². The summed E-state index contributed by atoms with van der Waals surface area (Å²) in [6.45, 7) is 4.56. The van der Waals surface area contributed by atoms with Crippen molar-refractivity contribution in [1.29, 1.82) is 0 Å². The molecule has 6 nitrogen and oxygen atoms in total. The van der Waals surface area contributed by atoms with Gasteiger partial charge in [0.05, 0.1) is 32.5 Å². The zero-order valence-corrected chi connectivity index (χ0v) is 22.3. The lowest BCUT2D eigenvalue weighted by atomic mass is 10.0. The Kier molecular flexibility index (Phi) is 19.2. The molecular formula is C25H52NO5P. The van der Waals surface area contributed by atoms with E-state index < -0.39 is 7.82 Å². The first-order valence-electron chi connectivity index (χ1n) is 13.3. The summed E-state index contributed by atoms with van der Waals surface area (Å²) in [7, 11) is 0.617. The molecule has 0 saturated carbocycles. The highest BCUT2D eigenvalue weighted by atomic mass is 31.2. The normalized spacial score (nSPS) is 16.8. The Labute approximate surface area is 198 Å². The molecule has 32 heavy (non-hydrogen) atoms. The fourth-order valence-electron chi connectivity index (χ4n) is 3.91. The highest BCUT2D eigenvalue weighted by Crippen LogP contribution is 2.52. The summed E-state index contributed by atoms with van der Waals surface area (Å²) in [5.41, 5.74) is 0. The van der Waals surface area contributed by atoms with Crippen LogP contribution in [-0.4, -0.2) is 58.1 Å². The van der Waals surface area contributed by atoms with Crippen LogP contribution >= 0.6 is 7.82 Å². The Morgan fingerprint density at radius 1 is 0.719 bits per heavy atom. The Balaban J connectivity index is 1.83. The van der Waals surface area contributed by atoms with Crippen molar-refractivity contribution in [2.24, 2.45) is 0 Å². The summed E-state index contributed by atoms with van der Waals surface area (Å²) in [5, 5.41) is 0. The maximum atomic E-state index is 12.1. The highest BCUT2D eigenvalue weighted by molar-refractivity contribution is 7.48. The van der Waals surface area contributed by atoms with Crippen LogP contribution in [0.2, 0.25) is 0 Å². The average Bonchev–Trinajstić information content (AvgIpc) is 3.21. The van der Waals surface area contributed by atoms with Crippen molar-refractivity contribution in [3.63, 3.8) is 0 Å². The minimum atomic E-state index is -3.32. The lowest BCUT2D eigenvalue weighted by molar-refractivity contribution is 0.0474. The summed E-state index contributed by atoms with van der Waals surface area (Å²) in [6.07, 6.45) is 22.0. The first-order valence-corrected chi connectivity index (χ1v) is 14.8. The maximum absolute atomic E-state index is 12.1. The van der Waals surface area contributed by atoms with Gasteiger partial charge in [0, 0.05) is 6.61 Å². The molecule has 1 heterocycles. The van der Waals surface area contributed by atoms with Crippen LogP contribution < -0.4 is 0 Å². The fraction of sp³-hybridized carbons (Fsp3) is 1.00. The molecule has 0 spiro atoms. The van der Waals surface area contributed by atoms with E-state index in [2.05, 4.69) is 6.92 Å². The summed E-state index contributed by atoms with van der Waals surface area (Å²) >= 11 is 0. The molecule has 0 aliphatic carbocycles. The van der Waals surface area contributed by atoms with E-state index in [1.54, 1.807) is 0 Å². The first kappa shape index (κ1) is 30.1. The first-order chi connectivity index (χ1) is 15.6. The van der Waals surface area contributed by atoms with Crippen molar-refractivity contribution in [2.45, 2.75) is 116 Å². The third-order valence-electron chi connectivity index (χ3n) is 6.19. The van der Waals surface area contributed by atoms with Gasteiger partial charge in [-0.15, -0.1) is 0 Å². The van der Waals surface area contributed by atoms with E-state index in [0.717, 1.165) is 13.0 Å². The van der Waals surface area contributed by atoms with Gasteiger partial charge < -0.3 is 9.64 Å². The zero-order valence-electron chi connectivity index (χ0n) is 21.4. The van der Waals surface area contributed by atoms with Gasteiger partial charge >= 0.3 is 7.82 Å². The van der Waals surface area contributed by atoms with Crippen molar-refractivity contribution in [1.82, 2.24) is 4.90 Å². The molecule has 1 atom stereocenters. The van der Waals surface area contributed by atoms with E-state index in [-0.39, 0.29) is 12.6 Å². The lowest BCUT2D eigenvalue weighted by Gasteiger charge is -2.24. The second kappa shape index (κ2) is 20.4. The van der Waals surface area contributed by atoms with Crippen molar-refractivity contribution >= 4 is 7.82 Å². The number of rotatable bonds is 23. The van der Waals surface area contributed by atoms with E-state index in [1.807, 2.05) is 19.0 Å². The van der Waals surface area contributed by atoms with E-state index in [9.17, 15) is 4.57 Å². The third-order valence-corrected chi connectivity index (χ3v) is 7.65. The van der Waals surface area contributed by atoms with Gasteiger partial charge in [-0.05, 0) is 20.5 Å². The molecule has 0 bridgehead atoms. The van der Waals surface area contributed by atoms with Crippen LogP contribution in [0, 0.1) is 0 Å². The molecule has 1 aliphatic rings. The molecule has 0 aromatic carbocycles. The number of likely N-dealkylation sites (N-methyl/N-ethyl adjacent to an activating group) is 1. The number of phosphoric acid groups is 1. The van der Waals surface area contributed by atoms with Crippen molar-refractivity contribution in [3.05, 3.63) is 0 Å². The number of phosphoric ester groups is 1. The Hall–Kier alpha value is 0.0300. The Morgan fingerprint density at radius 2 is 1.16 bits per heavy atom. The number of nitrogens with zero attached hydrogens (tertiary/aromatic N) is 1. The second-order valence-electron chi connectivity index (χ2n) is 9.41. The molecule has 1 saturated heterocycles. The van der Waals surface area contributed by atoms with Crippen LogP contribution in [0.5, 0.6) is 0 Å². The summed E-state index contributed by atoms with van der Waals surface area (Å²) in [4.78, 5) is 2.02. The topological polar surface area (TPSA) is 57.2 Å². The molecule has 0 aromatic heterocycles. The van der Waals surface area contributed by atoms with Crippen molar-refractivity contribution < 1.29 is 22.9 Å². The molecule has 0 aromatic rings. The number of hydrogen-bond acceptors (Lipinski definition) is 6. The monoisotopic (exact) mass is 477 g/mol. The molecule has 1 unspecified atom stereocenters. The van der Waals surface area contributed by atoms with Crippen LogP contribution in [-0.2, 0) is 22.9 Å². The van der Waals surface area contributed by atoms with Gasteiger partial charge in [-0.1, -0.05) is 103 Å². The van der Waals surface area contributed by atoms with E-state index in [0.29, 0.717) is 19.8 Å². The summed E-state index contributed by atoms with van der Waals surface area (Å²) in [5.74, 6) is 0. The van der Waals surface area contributed by atoms with Gasteiger partial charge in [-0.25, -0.2) is 4.57 Å². The largest absolute Gasteiger partial charge is 0.475 e. The van der Waals surface area contributed by atoms with E-state index >= 15 is 0 Å². The van der Waals surface area contributed by atoms with Gasteiger partial charge in [0.15, 0.2) is 0 Å². The molecule has 7 heteroatoms. The van der Waals surface area contributed by atoms with Crippen LogP contribution in [0.25, 0.3) is 0 Å². The van der Waals surface area contributed by atoms with Gasteiger partial charge in [0.1, 0.15) is 0 Å². The third kappa shape index (κ3) is 16.6. The molecule has 0 N–H and O–H groups in total. The maximum Gasteiger partial charge on any atom is 0.475 e. The Morgan fingerprint density at radius 3 is 1.59 bits per heavy atom. The molecule has 1 fully saturated rings. The predicted molar refractivity (Wildman–Crippen MR) is 133 cm³/mol. The predicted octanol–water partition coefficient (Wildman–Crippen LogP) is 7.37. The SMILES string of the molecule is CCCCCCCCCCCCCCCCCCOCC(COP1(=O)OCCO1)N(C)C. The zero-order chi connectivity index (χ0) is 23.3. The molecule has 0 radical (unpaired) electrons. The van der Waals surface area contributed by atoms with Crippen molar-refractivity contribution in [2.75, 3.05) is 47.1 Å². The summed E-state index contributed by atoms with van der Waals surface area (Å²) < 4.78 is 33.4. The van der Waals surface area contributed by atoms with Crippen LogP contribution in [0.4, 0.5) is 0 Å². The molecule has 192 valence electrons. The van der Waals surface area contributed by atoms with Crippen LogP contribution in [0.1, 0.15) is 110 Å². The second-order valence-corrected chi connectivity index (χ2v) is 11.1. The van der Waals surface area contributed by atoms with Gasteiger partial charge in [-0.2, -0.15) is 0 Å². The smallest absolute Gasteiger partial charge is 0.380 e. The van der Waals surface area contributed by atoms with Crippen LogP contribution in [0.15, 0.2) is 0 Å². The minimum absolute atomic E-state index is 0.0367. The van der Waals surface area contributed by atoms with E-state index in [4.69, 9.17) is 18.3 Å². The molecule has 1 aliphatic heterocycles. The van der Waals surface area contributed by atoms with Gasteiger partial charge in [0.25, 0.3) is 0 Å². The molecule has 0 amide bonds. The average molecular weight is 478 g/mol. The number of unbranched alkanes of at least 4 members (excludes halogenated alkanes) is 15. The fourth-order valence-corrected chi connectivity index (χ4v) is 5.08. The van der Waals surface area contributed by atoms with Crippen molar-refractivity contribution in [3.8, 4) is 0 Å². The molecule has 1 rings (SSSR count). The standard InChI is InChI=1S/C25H52NO5P/c1-4-5-6-7-8-9-10-11-12-13-14-15-16-17-18-19-20-28-23-25(26(2)3)24-31-32(27)29-21-22-30-32/h25H,4-24H2,1-3H3. The molecular weight excluding hydrogens is 425 g/mol. The number of ether oxygens (including phenoxy) is 1.